The Bertz CT molecular complexity index is 569. The number of pyridine rings is 1. The Morgan fingerprint density at radius 2 is 1.80 bits per heavy atom. The van der Waals surface area contributed by atoms with Gasteiger partial charge in [-0.2, -0.15) is 13.2 Å². The van der Waals surface area contributed by atoms with Crippen LogP contribution in [0.3, 0.4) is 0 Å². The molecule has 0 aromatic carbocycles. The molecule has 0 spiro atoms. The van der Waals surface area contributed by atoms with E-state index >= 15 is 0 Å². The number of hydrogen-bond acceptors (Lipinski definition) is 5. The van der Waals surface area contributed by atoms with Crippen LogP contribution in [-0.4, -0.2) is 27.8 Å². The Balaban J connectivity index is 2.18. The van der Waals surface area contributed by atoms with Gasteiger partial charge < -0.3 is 4.84 Å². The summed E-state index contributed by atoms with van der Waals surface area (Å²) in [5, 5.41) is 0.253. The SMILES string of the molecule is O=C(ON1C(=O)CCC1=O)c1cncc(C(F)(F)F)c1. The number of carbonyl (C=O) groups is 3. The first kappa shape index (κ1) is 14.0. The third-order valence-electron chi connectivity index (χ3n) is 2.48. The molecule has 0 unspecified atom stereocenters. The van der Waals surface area contributed by atoms with E-state index in [1.165, 1.54) is 0 Å². The summed E-state index contributed by atoms with van der Waals surface area (Å²) in [7, 11) is 0. The number of nitrogens with zero attached hydrogens (tertiary/aromatic N) is 2. The predicted molar refractivity (Wildman–Crippen MR) is 55.7 cm³/mol. The first-order valence-electron chi connectivity index (χ1n) is 5.39. The van der Waals surface area contributed by atoms with Gasteiger partial charge in [-0.05, 0) is 6.07 Å². The maximum Gasteiger partial charge on any atom is 0.417 e. The van der Waals surface area contributed by atoms with Crippen LogP contribution in [0, 0.1) is 0 Å². The third kappa shape index (κ3) is 2.76. The molecule has 106 valence electrons. The number of hydroxylamine groups is 2. The predicted octanol–water partition coefficient (Wildman–Crippen LogP) is 1.32. The molecule has 1 aliphatic rings. The lowest BCUT2D eigenvalue weighted by Gasteiger charge is -2.13. The quantitative estimate of drug-likeness (QED) is 0.767. The molecule has 2 heterocycles. The molecule has 9 heteroatoms. The molecule has 2 rings (SSSR count). The van der Waals surface area contributed by atoms with Crippen LogP contribution in [0.5, 0.6) is 0 Å². The number of halogens is 3. The zero-order valence-electron chi connectivity index (χ0n) is 9.81. The molecule has 6 nitrogen and oxygen atoms in total. The Labute approximate surface area is 110 Å². The first-order valence-corrected chi connectivity index (χ1v) is 5.39. The first-order chi connectivity index (χ1) is 9.29. The van der Waals surface area contributed by atoms with E-state index in [1.54, 1.807) is 0 Å². The van der Waals surface area contributed by atoms with Gasteiger partial charge in [-0.3, -0.25) is 14.6 Å². The summed E-state index contributed by atoms with van der Waals surface area (Å²) in [6, 6.07) is 0.528. The van der Waals surface area contributed by atoms with Crippen molar-refractivity contribution in [3.8, 4) is 0 Å². The second-order valence-electron chi connectivity index (χ2n) is 3.92. The van der Waals surface area contributed by atoms with Crippen molar-refractivity contribution in [1.82, 2.24) is 10.0 Å². The van der Waals surface area contributed by atoms with Gasteiger partial charge in [0.25, 0.3) is 11.8 Å². The minimum Gasteiger partial charge on any atom is -0.325 e. The molecule has 1 saturated heterocycles. The van der Waals surface area contributed by atoms with Crippen LogP contribution in [0.1, 0.15) is 28.8 Å². The standard InChI is InChI=1S/C11H7F3N2O4/c12-11(13,14)7-3-6(4-15-5-7)10(19)20-16-8(17)1-2-9(16)18/h3-5H,1-2H2. The monoisotopic (exact) mass is 288 g/mol. The molecule has 0 atom stereocenters. The maximum absolute atomic E-state index is 12.4. The van der Waals surface area contributed by atoms with Crippen LogP contribution in [0.15, 0.2) is 18.5 Å². The number of aromatic nitrogens is 1. The zero-order chi connectivity index (χ0) is 14.9. The third-order valence-corrected chi connectivity index (χ3v) is 2.48. The number of rotatable bonds is 2. The Kier molecular flexibility index (Phi) is 3.43. The van der Waals surface area contributed by atoms with E-state index in [4.69, 9.17) is 0 Å². The Hall–Kier alpha value is -2.45. The maximum atomic E-state index is 12.4. The molecular weight excluding hydrogens is 281 g/mol. The van der Waals surface area contributed by atoms with Crippen LogP contribution in [0.4, 0.5) is 13.2 Å². The van der Waals surface area contributed by atoms with Crippen LogP contribution in [0.2, 0.25) is 0 Å². The van der Waals surface area contributed by atoms with Crippen LogP contribution < -0.4 is 0 Å². The summed E-state index contributed by atoms with van der Waals surface area (Å²) in [4.78, 5) is 41.8. The summed E-state index contributed by atoms with van der Waals surface area (Å²) < 4.78 is 37.3. The fourth-order valence-electron chi connectivity index (χ4n) is 1.50. The Morgan fingerprint density at radius 3 is 2.35 bits per heavy atom. The van der Waals surface area contributed by atoms with Crippen LogP contribution in [-0.2, 0) is 20.6 Å². The van der Waals surface area contributed by atoms with Crippen molar-refractivity contribution in [3.63, 3.8) is 0 Å². The lowest BCUT2D eigenvalue weighted by molar-refractivity contribution is -0.172. The fourth-order valence-corrected chi connectivity index (χ4v) is 1.50. The normalized spacial score (nSPS) is 15.7. The van der Waals surface area contributed by atoms with E-state index in [9.17, 15) is 27.6 Å². The number of imide groups is 1. The minimum atomic E-state index is -4.66. The Morgan fingerprint density at radius 1 is 1.20 bits per heavy atom. The van der Waals surface area contributed by atoms with E-state index in [1.807, 2.05) is 0 Å². The lowest BCUT2D eigenvalue weighted by atomic mass is 10.2. The molecule has 0 radical (unpaired) electrons. The smallest absolute Gasteiger partial charge is 0.325 e. The molecule has 20 heavy (non-hydrogen) atoms. The van der Waals surface area contributed by atoms with Gasteiger partial charge >= 0.3 is 12.1 Å². The molecule has 1 aromatic rings. The van der Waals surface area contributed by atoms with E-state index in [0.717, 1.165) is 6.20 Å². The second-order valence-corrected chi connectivity index (χ2v) is 3.92. The van der Waals surface area contributed by atoms with Gasteiger partial charge in [0.2, 0.25) is 0 Å². The lowest BCUT2D eigenvalue weighted by Crippen LogP contribution is -2.32. The second kappa shape index (κ2) is 4.91. The molecule has 0 bridgehead atoms. The number of amides is 2. The highest BCUT2D eigenvalue weighted by atomic mass is 19.4. The highest BCUT2D eigenvalue weighted by Crippen LogP contribution is 2.29. The average Bonchev–Trinajstić information content (AvgIpc) is 2.69. The van der Waals surface area contributed by atoms with Gasteiger partial charge in [-0.1, -0.05) is 0 Å². The van der Waals surface area contributed by atoms with Gasteiger partial charge in [0, 0.05) is 25.2 Å². The van der Waals surface area contributed by atoms with Crippen molar-refractivity contribution in [1.29, 1.82) is 0 Å². The van der Waals surface area contributed by atoms with Crippen molar-refractivity contribution in [2.24, 2.45) is 0 Å². The van der Waals surface area contributed by atoms with Gasteiger partial charge in [-0.25, -0.2) is 4.79 Å². The van der Waals surface area contributed by atoms with Gasteiger partial charge in [0.1, 0.15) is 0 Å². The van der Waals surface area contributed by atoms with Crippen LogP contribution >= 0.6 is 0 Å². The largest absolute Gasteiger partial charge is 0.417 e. The topological polar surface area (TPSA) is 76.6 Å². The molecule has 0 saturated carbocycles. The van der Waals surface area contributed by atoms with Crippen LogP contribution in [0.25, 0.3) is 0 Å². The van der Waals surface area contributed by atoms with Crippen molar-refractivity contribution in [3.05, 3.63) is 29.6 Å². The molecule has 1 aliphatic heterocycles. The van der Waals surface area contributed by atoms with Gasteiger partial charge in [0.05, 0.1) is 11.1 Å². The summed E-state index contributed by atoms with van der Waals surface area (Å²) in [6.45, 7) is 0. The summed E-state index contributed by atoms with van der Waals surface area (Å²) >= 11 is 0. The van der Waals surface area contributed by atoms with E-state index in [-0.39, 0.29) is 17.9 Å². The van der Waals surface area contributed by atoms with E-state index in [0.29, 0.717) is 12.3 Å². The summed E-state index contributed by atoms with van der Waals surface area (Å²) in [5.74, 6) is -2.70. The highest BCUT2D eigenvalue weighted by Gasteiger charge is 2.35. The minimum absolute atomic E-state index is 0.104. The summed E-state index contributed by atoms with van der Waals surface area (Å²) in [6.07, 6.45) is -3.48. The van der Waals surface area contributed by atoms with Crippen molar-refractivity contribution in [2.45, 2.75) is 19.0 Å². The molecular formula is C11H7F3N2O4. The van der Waals surface area contributed by atoms with Gasteiger partial charge in [0.15, 0.2) is 0 Å². The van der Waals surface area contributed by atoms with Crippen molar-refractivity contribution < 1.29 is 32.4 Å². The van der Waals surface area contributed by atoms with Crippen molar-refractivity contribution in [2.75, 3.05) is 0 Å². The molecule has 1 aromatic heterocycles. The summed E-state index contributed by atoms with van der Waals surface area (Å²) in [5.41, 5.74) is -1.64. The molecule has 0 aliphatic carbocycles. The highest BCUT2D eigenvalue weighted by molar-refractivity contribution is 6.02. The van der Waals surface area contributed by atoms with E-state index in [2.05, 4.69) is 9.82 Å². The van der Waals surface area contributed by atoms with E-state index < -0.39 is 35.1 Å². The van der Waals surface area contributed by atoms with Crippen molar-refractivity contribution >= 4 is 17.8 Å². The fraction of sp³-hybridized carbons (Fsp3) is 0.273. The molecule has 1 fully saturated rings. The number of hydrogen-bond donors (Lipinski definition) is 0. The zero-order valence-corrected chi connectivity index (χ0v) is 9.81. The average molecular weight is 288 g/mol. The molecule has 2 amide bonds. The molecule has 0 N–H and O–H groups in total. The number of carbonyl (C=O) groups excluding carboxylic acids is 3. The van der Waals surface area contributed by atoms with Gasteiger partial charge in [-0.15, -0.1) is 5.06 Å². The number of alkyl halides is 3.